The molecule has 0 radical (unpaired) electrons. The van der Waals surface area contributed by atoms with Crippen molar-refractivity contribution in [3.63, 3.8) is 0 Å². The van der Waals surface area contributed by atoms with E-state index in [0.29, 0.717) is 0 Å². The molecule has 0 spiro atoms. The maximum Gasteiger partial charge on any atom is 0.00157 e. The summed E-state index contributed by atoms with van der Waals surface area (Å²) in [6.45, 7) is 4.10. The summed E-state index contributed by atoms with van der Waals surface area (Å²) >= 11 is 0. The van der Waals surface area contributed by atoms with E-state index in [4.69, 9.17) is 0 Å². The number of piperidine rings is 1. The van der Waals surface area contributed by atoms with Gasteiger partial charge in [-0.2, -0.15) is 0 Å². The number of hydrogen-bond acceptors (Lipinski definition) is 1. The van der Waals surface area contributed by atoms with Crippen molar-refractivity contribution in [1.29, 1.82) is 0 Å². The van der Waals surface area contributed by atoms with E-state index < -0.39 is 0 Å². The molecule has 4 rings (SSSR count). The van der Waals surface area contributed by atoms with Gasteiger partial charge in [0.1, 0.15) is 0 Å². The molecule has 1 saturated carbocycles. The van der Waals surface area contributed by atoms with Gasteiger partial charge in [0.15, 0.2) is 0 Å². The number of nitrogens with zero attached hydrogens (tertiary/aromatic N) is 1. The van der Waals surface area contributed by atoms with Crippen molar-refractivity contribution in [1.82, 2.24) is 4.90 Å². The maximum absolute atomic E-state index is 2.76. The molecule has 0 N–H and O–H groups in total. The van der Waals surface area contributed by atoms with Crippen molar-refractivity contribution in [2.45, 2.75) is 38.0 Å². The molecule has 1 saturated heterocycles. The number of likely N-dealkylation sites (tertiary alicyclic amines) is 1. The second-order valence-electron chi connectivity index (χ2n) is 6.60. The average Bonchev–Trinajstić information content (AvgIpc) is 3.22. The van der Waals surface area contributed by atoms with Crippen LogP contribution in [0.25, 0.3) is 0 Å². The topological polar surface area (TPSA) is 3.24 Å². The minimum atomic E-state index is 0.866. The molecule has 1 aromatic rings. The number of aryl methyl sites for hydroxylation is 1. The van der Waals surface area contributed by atoms with Crippen LogP contribution in [0.4, 0.5) is 0 Å². The van der Waals surface area contributed by atoms with E-state index in [2.05, 4.69) is 29.2 Å². The molecule has 1 heterocycles. The van der Waals surface area contributed by atoms with E-state index in [9.17, 15) is 0 Å². The zero-order valence-corrected chi connectivity index (χ0v) is 11.1. The van der Waals surface area contributed by atoms with E-state index in [1.54, 1.807) is 11.1 Å². The van der Waals surface area contributed by atoms with E-state index >= 15 is 0 Å². The third kappa shape index (κ3) is 1.99. The highest BCUT2D eigenvalue weighted by Gasteiger charge is 2.35. The van der Waals surface area contributed by atoms with Crippen molar-refractivity contribution in [3.05, 3.63) is 35.4 Å². The van der Waals surface area contributed by atoms with Gasteiger partial charge in [-0.15, -0.1) is 0 Å². The number of rotatable bonds is 2. The van der Waals surface area contributed by atoms with Crippen LogP contribution >= 0.6 is 0 Å². The van der Waals surface area contributed by atoms with Gasteiger partial charge in [-0.3, -0.25) is 0 Å². The van der Waals surface area contributed by atoms with Crippen LogP contribution in [0.2, 0.25) is 0 Å². The van der Waals surface area contributed by atoms with Gasteiger partial charge >= 0.3 is 0 Å². The third-order valence-corrected chi connectivity index (χ3v) is 5.27. The highest BCUT2D eigenvalue weighted by Crippen LogP contribution is 2.42. The molecule has 2 fully saturated rings. The lowest BCUT2D eigenvalue weighted by Gasteiger charge is -2.42. The van der Waals surface area contributed by atoms with Gasteiger partial charge in [0.25, 0.3) is 0 Å². The first-order chi connectivity index (χ1) is 8.90. The summed E-state index contributed by atoms with van der Waals surface area (Å²) in [6.07, 6.45) is 7.12. The lowest BCUT2D eigenvalue weighted by Crippen LogP contribution is -2.42. The Morgan fingerprint density at radius 3 is 2.83 bits per heavy atom. The number of fused-ring (bicyclic) bond motifs is 3. The van der Waals surface area contributed by atoms with Crippen LogP contribution in [-0.2, 0) is 6.42 Å². The largest absolute Gasteiger partial charge is 0.303 e. The summed E-state index contributed by atoms with van der Waals surface area (Å²) in [7, 11) is 0. The minimum Gasteiger partial charge on any atom is -0.303 e. The second-order valence-corrected chi connectivity index (χ2v) is 6.60. The maximum atomic E-state index is 2.76. The lowest BCUT2D eigenvalue weighted by molar-refractivity contribution is 0.136. The molecule has 1 aromatic carbocycles. The SMILES string of the molecule is c1ccc2c(c1)CC[C@@H]1CN(CC3CC3)CC[C@@H]21. The van der Waals surface area contributed by atoms with Crippen molar-refractivity contribution in [3.8, 4) is 0 Å². The average molecular weight is 241 g/mol. The van der Waals surface area contributed by atoms with E-state index in [0.717, 1.165) is 17.8 Å². The highest BCUT2D eigenvalue weighted by atomic mass is 15.1. The summed E-state index contributed by atoms with van der Waals surface area (Å²) in [5, 5.41) is 0. The number of hydrogen-bond donors (Lipinski definition) is 0. The molecule has 0 bridgehead atoms. The third-order valence-electron chi connectivity index (χ3n) is 5.27. The van der Waals surface area contributed by atoms with Crippen LogP contribution in [0.3, 0.4) is 0 Å². The molecule has 96 valence electrons. The second kappa shape index (κ2) is 4.38. The van der Waals surface area contributed by atoms with E-state index in [-0.39, 0.29) is 0 Å². The predicted octanol–water partition coefficient (Wildman–Crippen LogP) is 3.45. The van der Waals surface area contributed by atoms with Crippen LogP contribution in [0.15, 0.2) is 24.3 Å². The molecule has 0 unspecified atom stereocenters. The first-order valence-corrected chi connectivity index (χ1v) is 7.70. The minimum absolute atomic E-state index is 0.866. The first-order valence-electron chi connectivity index (χ1n) is 7.70. The van der Waals surface area contributed by atoms with Crippen LogP contribution in [0, 0.1) is 11.8 Å². The summed E-state index contributed by atoms with van der Waals surface area (Å²) in [6, 6.07) is 9.18. The van der Waals surface area contributed by atoms with Crippen LogP contribution < -0.4 is 0 Å². The fraction of sp³-hybridized carbons (Fsp3) is 0.647. The zero-order valence-electron chi connectivity index (χ0n) is 11.1. The van der Waals surface area contributed by atoms with Gasteiger partial charge in [-0.25, -0.2) is 0 Å². The van der Waals surface area contributed by atoms with Gasteiger partial charge < -0.3 is 4.90 Å². The van der Waals surface area contributed by atoms with Crippen LogP contribution in [0.1, 0.15) is 42.7 Å². The molecule has 1 nitrogen and oxygen atoms in total. The quantitative estimate of drug-likeness (QED) is 0.766. The fourth-order valence-corrected chi connectivity index (χ4v) is 4.11. The molecule has 3 aliphatic rings. The molecule has 1 heteroatoms. The first kappa shape index (κ1) is 11.0. The summed E-state index contributed by atoms with van der Waals surface area (Å²) in [5.41, 5.74) is 3.31. The lowest BCUT2D eigenvalue weighted by atomic mass is 9.71. The molecular formula is C17H23N. The van der Waals surface area contributed by atoms with Gasteiger partial charge in [-0.1, -0.05) is 24.3 Å². The Balaban J connectivity index is 1.51. The molecular weight excluding hydrogens is 218 g/mol. The normalized spacial score (nSPS) is 31.8. The van der Waals surface area contributed by atoms with Gasteiger partial charge in [0.2, 0.25) is 0 Å². The Bertz CT molecular complexity index is 435. The van der Waals surface area contributed by atoms with Crippen molar-refractivity contribution >= 4 is 0 Å². The highest BCUT2D eigenvalue weighted by molar-refractivity contribution is 5.34. The molecule has 0 aromatic heterocycles. The molecule has 1 aliphatic heterocycles. The van der Waals surface area contributed by atoms with Crippen LogP contribution in [0.5, 0.6) is 0 Å². The Morgan fingerprint density at radius 2 is 1.94 bits per heavy atom. The van der Waals surface area contributed by atoms with Crippen molar-refractivity contribution < 1.29 is 0 Å². The molecule has 2 aliphatic carbocycles. The van der Waals surface area contributed by atoms with E-state index in [1.807, 2.05) is 0 Å². The molecule has 18 heavy (non-hydrogen) atoms. The van der Waals surface area contributed by atoms with Gasteiger partial charge in [-0.05, 0) is 67.5 Å². The van der Waals surface area contributed by atoms with Crippen LogP contribution in [-0.4, -0.2) is 24.5 Å². The van der Waals surface area contributed by atoms with Crippen molar-refractivity contribution in [2.24, 2.45) is 11.8 Å². The Labute approximate surface area is 110 Å². The monoisotopic (exact) mass is 241 g/mol. The van der Waals surface area contributed by atoms with Crippen molar-refractivity contribution in [2.75, 3.05) is 19.6 Å². The molecule has 2 atom stereocenters. The summed E-state index contributed by atoms with van der Waals surface area (Å²) in [4.78, 5) is 2.76. The molecule has 0 amide bonds. The summed E-state index contributed by atoms with van der Waals surface area (Å²) in [5.74, 6) is 2.86. The zero-order chi connectivity index (χ0) is 11.9. The van der Waals surface area contributed by atoms with Gasteiger partial charge in [0, 0.05) is 13.1 Å². The smallest absolute Gasteiger partial charge is 0.00157 e. The van der Waals surface area contributed by atoms with E-state index in [1.165, 1.54) is 51.7 Å². The number of benzene rings is 1. The summed E-state index contributed by atoms with van der Waals surface area (Å²) < 4.78 is 0. The Morgan fingerprint density at radius 1 is 1.06 bits per heavy atom. The fourth-order valence-electron chi connectivity index (χ4n) is 4.11. The van der Waals surface area contributed by atoms with Gasteiger partial charge in [0.05, 0.1) is 0 Å². The Hall–Kier alpha value is -0.820. The predicted molar refractivity (Wildman–Crippen MR) is 74.8 cm³/mol. The Kier molecular flexibility index (Phi) is 2.69. The standard InChI is InChI=1S/C17H23N/c1-2-4-16-14(3-1)7-8-15-12-18(10-9-17(15)16)11-13-5-6-13/h1-4,13,15,17H,5-12H2/t15-,17-/m1/s1.